The first kappa shape index (κ1) is 12.1. The first-order valence-corrected chi connectivity index (χ1v) is 6.29. The fraction of sp³-hybridized carbons (Fsp3) is 0.692. The van der Waals surface area contributed by atoms with Gasteiger partial charge in [-0.15, -0.1) is 0 Å². The highest BCUT2D eigenvalue weighted by molar-refractivity contribution is 5.33. The van der Waals surface area contributed by atoms with Crippen LogP contribution in [0.4, 0.5) is 5.82 Å². The van der Waals surface area contributed by atoms with Crippen molar-refractivity contribution in [2.45, 2.75) is 45.6 Å². The van der Waals surface area contributed by atoms with E-state index in [0.29, 0.717) is 11.9 Å². The highest BCUT2D eigenvalue weighted by Crippen LogP contribution is 2.36. The molecule has 1 aliphatic rings. The lowest BCUT2D eigenvalue weighted by atomic mass is 9.73. The molecular formula is C13H21N3O. The highest BCUT2D eigenvalue weighted by atomic mass is 16.1. The van der Waals surface area contributed by atoms with Gasteiger partial charge in [0.25, 0.3) is 5.56 Å². The summed E-state index contributed by atoms with van der Waals surface area (Å²) in [4.78, 5) is 16.0. The molecule has 0 amide bonds. The van der Waals surface area contributed by atoms with Crippen LogP contribution in [0.25, 0.3) is 0 Å². The third-order valence-electron chi connectivity index (χ3n) is 3.84. The molecule has 0 aromatic carbocycles. The molecule has 4 nitrogen and oxygen atoms in total. The second-order valence-corrected chi connectivity index (χ2v) is 5.62. The van der Waals surface area contributed by atoms with Crippen molar-refractivity contribution >= 4 is 5.82 Å². The number of rotatable bonds is 2. The summed E-state index contributed by atoms with van der Waals surface area (Å²) in [6.07, 6.45) is 8.18. The average molecular weight is 235 g/mol. The highest BCUT2D eigenvalue weighted by Gasteiger charge is 2.32. The van der Waals surface area contributed by atoms with Gasteiger partial charge in [0.1, 0.15) is 0 Å². The van der Waals surface area contributed by atoms with E-state index in [1.165, 1.54) is 19.3 Å². The minimum absolute atomic E-state index is 0.0473. The Hall–Kier alpha value is -1.32. The number of hydrogen-bond acceptors (Lipinski definition) is 3. The smallest absolute Gasteiger partial charge is 0.293 e. The monoisotopic (exact) mass is 235 g/mol. The fourth-order valence-electron chi connectivity index (χ4n) is 2.52. The second-order valence-electron chi connectivity index (χ2n) is 5.62. The molecule has 0 bridgehead atoms. The van der Waals surface area contributed by atoms with Gasteiger partial charge in [-0.1, -0.05) is 26.7 Å². The lowest BCUT2D eigenvalue weighted by Crippen LogP contribution is -2.41. The number of aromatic nitrogens is 2. The molecule has 0 aliphatic heterocycles. The van der Waals surface area contributed by atoms with E-state index in [-0.39, 0.29) is 11.0 Å². The van der Waals surface area contributed by atoms with Crippen molar-refractivity contribution in [2.24, 2.45) is 12.5 Å². The van der Waals surface area contributed by atoms with E-state index in [1.54, 1.807) is 24.0 Å². The maximum atomic E-state index is 11.9. The molecule has 1 aromatic rings. The van der Waals surface area contributed by atoms with Crippen LogP contribution in [0.15, 0.2) is 17.2 Å². The zero-order valence-corrected chi connectivity index (χ0v) is 10.9. The van der Waals surface area contributed by atoms with Crippen molar-refractivity contribution in [3.63, 3.8) is 0 Å². The standard InChI is InChI=1S/C13H21N3O/c1-13(2)7-5-4-6-10(13)15-11-12(17)16(3)9-8-14-11/h8-10H,4-7H2,1-3H3,(H,14,15). The van der Waals surface area contributed by atoms with E-state index in [2.05, 4.69) is 24.1 Å². The Morgan fingerprint density at radius 2 is 2.24 bits per heavy atom. The van der Waals surface area contributed by atoms with Crippen LogP contribution in [-0.2, 0) is 7.05 Å². The quantitative estimate of drug-likeness (QED) is 0.854. The van der Waals surface area contributed by atoms with Gasteiger partial charge in [0.2, 0.25) is 0 Å². The molecule has 1 fully saturated rings. The van der Waals surface area contributed by atoms with Gasteiger partial charge in [-0.05, 0) is 18.3 Å². The zero-order chi connectivity index (χ0) is 12.5. The van der Waals surface area contributed by atoms with Crippen LogP contribution >= 0.6 is 0 Å². The molecule has 0 saturated heterocycles. The molecule has 4 heteroatoms. The molecule has 17 heavy (non-hydrogen) atoms. The number of anilines is 1. The molecule has 0 radical (unpaired) electrons. The molecule has 1 aliphatic carbocycles. The fourth-order valence-corrected chi connectivity index (χ4v) is 2.52. The molecule has 1 saturated carbocycles. The summed E-state index contributed by atoms with van der Waals surface area (Å²) in [6, 6.07) is 0.346. The molecule has 2 rings (SSSR count). The summed E-state index contributed by atoms with van der Waals surface area (Å²) < 4.78 is 1.56. The van der Waals surface area contributed by atoms with Crippen LogP contribution in [0.2, 0.25) is 0 Å². The summed E-state index contributed by atoms with van der Waals surface area (Å²) in [6.45, 7) is 4.52. The number of nitrogens with zero attached hydrogens (tertiary/aromatic N) is 2. The summed E-state index contributed by atoms with van der Waals surface area (Å²) in [5, 5.41) is 3.34. The Morgan fingerprint density at radius 1 is 1.47 bits per heavy atom. The van der Waals surface area contributed by atoms with Gasteiger partial charge in [-0.2, -0.15) is 0 Å². The molecule has 1 unspecified atom stereocenters. The summed E-state index contributed by atoms with van der Waals surface area (Å²) in [5.74, 6) is 0.481. The molecule has 1 heterocycles. The van der Waals surface area contributed by atoms with Crippen molar-refractivity contribution in [2.75, 3.05) is 5.32 Å². The average Bonchev–Trinajstić information content (AvgIpc) is 2.27. The Labute approximate surface area is 102 Å². The van der Waals surface area contributed by atoms with Crippen LogP contribution in [-0.4, -0.2) is 15.6 Å². The minimum Gasteiger partial charge on any atom is -0.362 e. The Balaban J connectivity index is 2.20. The largest absolute Gasteiger partial charge is 0.362 e. The van der Waals surface area contributed by atoms with Gasteiger partial charge in [0, 0.05) is 25.5 Å². The van der Waals surface area contributed by atoms with Crippen LogP contribution in [0.5, 0.6) is 0 Å². The Bertz CT molecular complexity index is 450. The number of hydrogen-bond donors (Lipinski definition) is 1. The van der Waals surface area contributed by atoms with Gasteiger partial charge in [0.15, 0.2) is 5.82 Å². The van der Waals surface area contributed by atoms with E-state index in [9.17, 15) is 4.79 Å². The molecule has 1 aromatic heterocycles. The van der Waals surface area contributed by atoms with Crippen LogP contribution < -0.4 is 10.9 Å². The molecular weight excluding hydrogens is 214 g/mol. The van der Waals surface area contributed by atoms with Crippen molar-refractivity contribution < 1.29 is 0 Å². The molecule has 1 atom stereocenters. The molecule has 94 valence electrons. The lowest BCUT2D eigenvalue weighted by Gasteiger charge is -2.39. The SMILES string of the molecule is Cn1ccnc(NC2CCCCC2(C)C)c1=O. The topological polar surface area (TPSA) is 46.9 Å². The van der Waals surface area contributed by atoms with Crippen molar-refractivity contribution in [3.05, 3.63) is 22.7 Å². The van der Waals surface area contributed by atoms with Crippen LogP contribution in [0.1, 0.15) is 39.5 Å². The normalized spacial score (nSPS) is 23.4. The van der Waals surface area contributed by atoms with Crippen molar-refractivity contribution in [3.8, 4) is 0 Å². The molecule has 0 spiro atoms. The van der Waals surface area contributed by atoms with Crippen LogP contribution in [0, 0.1) is 5.41 Å². The van der Waals surface area contributed by atoms with Gasteiger partial charge < -0.3 is 9.88 Å². The minimum atomic E-state index is -0.0473. The lowest BCUT2D eigenvalue weighted by molar-refractivity contribution is 0.216. The maximum Gasteiger partial charge on any atom is 0.293 e. The van der Waals surface area contributed by atoms with E-state index in [0.717, 1.165) is 6.42 Å². The second kappa shape index (κ2) is 4.51. The number of nitrogens with one attached hydrogen (secondary N) is 1. The Kier molecular flexibility index (Phi) is 3.22. The first-order chi connectivity index (χ1) is 8.00. The summed E-state index contributed by atoms with van der Waals surface area (Å²) >= 11 is 0. The van der Waals surface area contributed by atoms with Gasteiger partial charge in [0.05, 0.1) is 0 Å². The summed E-state index contributed by atoms with van der Waals surface area (Å²) in [5.41, 5.74) is 0.190. The third-order valence-corrected chi connectivity index (χ3v) is 3.84. The predicted molar refractivity (Wildman–Crippen MR) is 69.1 cm³/mol. The van der Waals surface area contributed by atoms with Crippen LogP contribution in [0.3, 0.4) is 0 Å². The third kappa shape index (κ3) is 2.51. The van der Waals surface area contributed by atoms with Crippen molar-refractivity contribution in [1.82, 2.24) is 9.55 Å². The molecule has 1 N–H and O–H groups in total. The van der Waals surface area contributed by atoms with E-state index < -0.39 is 0 Å². The zero-order valence-electron chi connectivity index (χ0n) is 10.9. The summed E-state index contributed by atoms with van der Waals surface area (Å²) in [7, 11) is 1.75. The Morgan fingerprint density at radius 3 is 2.94 bits per heavy atom. The van der Waals surface area contributed by atoms with Gasteiger partial charge in [-0.25, -0.2) is 4.98 Å². The van der Waals surface area contributed by atoms with Gasteiger partial charge in [-0.3, -0.25) is 4.79 Å². The van der Waals surface area contributed by atoms with E-state index in [1.807, 2.05) is 0 Å². The van der Waals surface area contributed by atoms with E-state index >= 15 is 0 Å². The van der Waals surface area contributed by atoms with E-state index in [4.69, 9.17) is 0 Å². The predicted octanol–water partition coefficient (Wildman–Crippen LogP) is 2.16. The number of aryl methyl sites for hydroxylation is 1. The first-order valence-electron chi connectivity index (χ1n) is 6.29. The van der Waals surface area contributed by atoms with Crippen molar-refractivity contribution in [1.29, 1.82) is 0 Å². The maximum absolute atomic E-state index is 11.9. The van der Waals surface area contributed by atoms with Gasteiger partial charge >= 0.3 is 0 Å².